The smallest absolute Gasteiger partial charge is 0.351 e. The van der Waals surface area contributed by atoms with Crippen LogP contribution in [0.2, 0.25) is 0 Å². The summed E-state index contributed by atoms with van der Waals surface area (Å²) in [5, 5.41) is 15.0. The summed E-state index contributed by atoms with van der Waals surface area (Å²) >= 11 is 0. The van der Waals surface area contributed by atoms with Crippen LogP contribution in [0.15, 0.2) is 11.0 Å². The quantitative estimate of drug-likeness (QED) is 0.140. The number of alkyl halides is 3. The van der Waals surface area contributed by atoms with Gasteiger partial charge in [0.2, 0.25) is 0 Å². The number of esters is 2. The highest BCUT2D eigenvalue weighted by Crippen LogP contribution is 2.47. The minimum absolute atomic E-state index is 0.174. The monoisotopic (exact) mass is 619 g/mol. The van der Waals surface area contributed by atoms with Gasteiger partial charge in [-0.05, 0) is 41.5 Å². The Morgan fingerprint density at radius 3 is 2.07 bits per heavy atom. The fraction of sp³-hybridized carbons (Fsp3) is 0.727. The maximum absolute atomic E-state index is 15.1. The van der Waals surface area contributed by atoms with E-state index in [1.54, 1.807) is 0 Å². The SMILES string of the molecule is CC(C)OC(=O)C(C)NP(=O)(NC(C)C(=O)OC(C)C)OCC1(C(F)F)OC(n2cc(F)c(N)nc2=O)C(F)C1O. The Balaban J connectivity index is 2.41. The van der Waals surface area contributed by atoms with Crippen LogP contribution in [0.25, 0.3) is 0 Å². The molecule has 0 radical (unpaired) electrons. The Hall–Kier alpha value is -2.63. The number of aliphatic hydroxyl groups is 1. The fourth-order valence-corrected chi connectivity index (χ4v) is 5.42. The first-order valence-electron chi connectivity index (χ1n) is 12.4. The Morgan fingerprint density at radius 2 is 1.63 bits per heavy atom. The summed E-state index contributed by atoms with van der Waals surface area (Å²) in [6, 6.07) is -2.80. The van der Waals surface area contributed by atoms with Gasteiger partial charge in [-0.3, -0.25) is 18.7 Å². The molecule has 0 aliphatic carbocycles. The summed E-state index contributed by atoms with van der Waals surface area (Å²) in [6.45, 7) is 7.02. The number of carbonyl (C=O) groups excluding carboxylic acids is 2. The van der Waals surface area contributed by atoms with Crippen LogP contribution in [0, 0.1) is 5.82 Å². The summed E-state index contributed by atoms with van der Waals surface area (Å²) in [5.74, 6) is -4.00. The van der Waals surface area contributed by atoms with Gasteiger partial charge in [0.05, 0.1) is 25.0 Å². The normalized spacial score (nSPS) is 25.8. The maximum Gasteiger partial charge on any atom is 0.351 e. The van der Waals surface area contributed by atoms with Crippen molar-refractivity contribution in [3.05, 3.63) is 22.5 Å². The van der Waals surface area contributed by atoms with Crippen LogP contribution in [-0.4, -0.2) is 81.8 Å². The number of anilines is 1. The number of hydrogen-bond acceptors (Lipinski definition) is 11. The standard InChI is InChI=1S/C22H34F4N5O9P/c1-9(2)38-18(33)11(5)29-41(36,30-12(6)19(34)39-10(3)4)37-8-22(20(25)26)15(32)14(24)17(40-22)31-7-13(23)16(27)28-21(31)35/h7,9-12,14-15,17,20,32H,8H2,1-6H3,(H2,27,28,35)(H2,29,30,36). The molecule has 6 atom stereocenters. The van der Waals surface area contributed by atoms with Gasteiger partial charge in [0.1, 0.15) is 18.2 Å². The van der Waals surface area contributed by atoms with E-state index >= 15 is 4.39 Å². The molecule has 1 fully saturated rings. The van der Waals surface area contributed by atoms with Crippen molar-refractivity contribution in [2.45, 2.75) is 96.4 Å². The van der Waals surface area contributed by atoms with Crippen LogP contribution >= 0.6 is 7.67 Å². The number of nitrogen functional groups attached to an aromatic ring is 1. The lowest BCUT2D eigenvalue weighted by Gasteiger charge is -2.33. The van der Waals surface area contributed by atoms with E-state index in [4.69, 9.17) is 24.5 Å². The molecular weight excluding hydrogens is 585 g/mol. The van der Waals surface area contributed by atoms with Crippen LogP contribution in [0.3, 0.4) is 0 Å². The summed E-state index contributed by atoms with van der Waals surface area (Å²) in [7, 11) is -4.73. The zero-order chi connectivity index (χ0) is 31.4. The molecule has 0 saturated carbocycles. The molecule has 1 aromatic rings. The zero-order valence-corrected chi connectivity index (χ0v) is 23.9. The first kappa shape index (κ1) is 34.6. The average molecular weight is 620 g/mol. The van der Waals surface area contributed by atoms with Gasteiger partial charge in [0.15, 0.2) is 29.6 Å². The van der Waals surface area contributed by atoms with E-state index in [2.05, 4.69) is 15.2 Å². The van der Waals surface area contributed by atoms with Crippen LogP contribution in [-0.2, 0) is 32.9 Å². The number of hydrogen-bond donors (Lipinski definition) is 4. The number of aliphatic hydroxyl groups excluding tert-OH is 1. The molecule has 2 heterocycles. The third kappa shape index (κ3) is 8.23. The largest absolute Gasteiger partial charge is 0.462 e. The van der Waals surface area contributed by atoms with Gasteiger partial charge in [-0.1, -0.05) is 0 Å². The Labute approximate surface area is 232 Å². The predicted octanol–water partition coefficient (Wildman–Crippen LogP) is 1.18. The second-order valence-corrected chi connectivity index (χ2v) is 11.7. The lowest BCUT2D eigenvalue weighted by Crippen LogP contribution is -2.53. The molecule has 6 unspecified atom stereocenters. The number of aromatic nitrogens is 2. The van der Waals surface area contributed by atoms with Crippen LogP contribution in [0.1, 0.15) is 47.8 Å². The lowest BCUT2D eigenvalue weighted by atomic mass is 9.97. The van der Waals surface area contributed by atoms with Crippen molar-refractivity contribution in [1.29, 1.82) is 0 Å². The molecule has 2 rings (SSSR count). The number of carbonyl (C=O) groups is 2. The lowest BCUT2D eigenvalue weighted by molar-refractivity contribution is -0.192. The molecule has 0 aromatic carbocycles. The van der Waals surface area contributed by atoms with Gasteiger partial charge in [0, 0.05) is 0 Å². The molecule has 234 valence electrons. The maximum atomic E-state index is 15.1. The molecule has 1 aromatic heterocycles. The minimum Gasteiger partial charge on any atom is -0.462 e. The zero-order valence-electron chi connectivity index (χ0n) is 23.0. The van der Waals surface area contributed by atoms with E-state index < -0.39 is 98.4 Å². The highest BCUT2D eigenvalue weighted by Gasteiger charge is 2.62. The van der Waals surface area contributed by atoms with Gasteiger partial charge in [-0.2, -0.15) is 4.98 Å². The molecule has 0 amide bonds. The summed E-state index contributed by atoms with van der Waals surface area (Å²) in [6.07, 6.45) is -12.3. The van der Waals surface area contributed by atoms with Crippen molar-refractivity contribution in [3.8, 4) is 0 Å². The summed E-state index contributed by atoms with van der Waals surface area (Å²) in [5.41, 5.74) is 0.538. The molecule has 0 bridgehead atoms. The number of nitrogens with two attached hydrogens (primary N) is 1. The summed E-state index contributed by atoms with van der Waals surface area (Å²) < 4.78 is 92.0. The third-order valence-electron chi connectivity index (χ3n) is 5.60. The molecule has 14 nitrogen and oxygen atoms in total. The number of halogens is 4. The average Bonchev–Trinajstić information content (AvgIpc) is 3.10. The van der Waals surface area contributed by atoms with E-state index in [0.29, 0.717) is 6.20 Å². The van der Waals surface area contributed by atoms with Crippen molar-refractivity contribution in [2.75, 3.05) is 12.3 Å². The Kier molecular flexibility index (Phi) is 11.4. The fourth-order valence-electron chi connectivity index (χ4n) is 3.59. The van der Waals surface area contributed by atoms with Crippen molar-refractivity contribution in [1.82, 2.24) is 19.7 Å². The van der Waals surface area contributed by atoms with E-state index in [-0.39, 0.29) is 4.57 Å². The van der Waals surface area contributed by atoms with E-state index in [0.717, 1.165) is 0 Å². The van der Waals surface area contributed by atoms with Gasteiger partial charge in [0.25, 0.3) is 6.43 Å². The molecule has 5 N–H and O–H groups in total. The van der Waals surface area contributed by atoms with E-state index in [9.17, 15) is 37.2 Å². The van der Waals surface area contributed by atoms with Crippen LogP contribution in [0.5, 0.6) is 0 Å². The van der Waals surface area contributed by atoms with Crippen molar-refractivity contribution in [3.63, 3.8) is 0 Å². The molecule has 1 aliphatic rings. The van der Waals surface area contributed by atoms with Crippen LogP contribution in [0.4, 0.5) is 23.4 Å². The molecule has 0 spiro atoms. The molecule has 19 heteroatoms. The highest BCUT2D eigenvalue weighted by atomic mass is 31.2. The van der Waals surface area contributed by atoms with Gasteiger partial charge < -0.3 is 29.6 Å². The van der Waals surface area contributed by atoms with E-state index in [1.165, 1.54) is 41.5 Å². The second-order valence-electron chi connectivity index (χ2n) is 9.82. The van der Waals surface area contributed by atoms with Crippen LogP contribution < -0.4 is 21.6 Å². The van der Waals surface area contributed by atoms with Gasteiger partial charge in [-0.25, -0.2) is 32.5 Å². The third-order valence-corrected chi connectivity index (χ3v) is 7.55. The second kappa shape index (κ2) is 13.6. The van der Waals surface area contributed by atoms with Gasteiger partial charge in [-0.15, -0.1) is 0 Å². The molecular formula is C22H34F4N5O9P. The highest BCUT2D eigenvalue weighted by molar-refractivity contribution is 7.54. The van der Waals surface area contributed by atoms with E-state index in [1.807, 2.05) is 0 Å². The predicted molar refractivity (Wildman–Crippen MR) is 134 cm³/mol. The first-order valence-corrected chi connectivity index (χ1v) is 14.0. The van der Waals surface area contributed by atoms with Crippen molar-refractivity contribution >= 4 is 25.4 Å². The number of nitrogens with one attached hydrogen (secondary N) is 2. The molecule has 1 aliphatic heterocycles. The van der Waals surface area contributed by atoms with Gasteiger partial charge >= 0.3 is 25.3 Å². The Bertz CT molecular complexity index is 1170. The number of rotatable bonds is 13. The van der Waals surface area contributed by atoms with Crippen molar-refractivity contribution in [2.24, 2.45) is 0 Å². The Morgan fingerprint density at radius 1 is 1.15 bits per heavy atom. The summed E-state index contributed by atoms with van der Waals surface area (Å²) in [4.78, 5) is 39.9. The topological polar surface area (TPSA) is 193 Å². The minimum atomic E-state index is -4.73. The van der Waals surface area contributed by atoms with Crippen molar-refractivity contribution < 1.29 is 55.6 Å². The molecule has 1 saturated heterocycles. The molecule has 41 heavy (non-hydrogen) atoms. The first-order chi connectivity index (χ1) is 18.8. The number of nitrogens with zero attached hydrogens (tertiary/aromatic N) is 2. The number of ether oxygens (including phenoxy) is 3.